The van der Waals surface area contributed by atoms with Crippen molar-refractivity contribution in [3.8, 4) is 0 Å². The molecule has 0 amide bonds. The molecular formula is C15H19N5O. The molecule has 2 aliphatic rings. The predicted octanol–water partition coefficient (Wildman–Crippen LogP) is 1.66. The van der Waals surface area contributed by atoms with Gasteiger partial charge in [0, 0.05) is 37.2 Å². The largest absolute Gasteiger partial charge is 0.364 e. The number of aromatic nitrogens is 3. The summed E-state index contributed by atoms with van der Waals surface area (Å²) in [6, 6.07) is 4.79. The van der Waals surface area contributed by atoms with Crippen molar-refractivity contribution < 1.29 is 4.52 Å². The Morgan fingerprint density at radius 1 is 1.29 bits per heavy atom. The SMILES string of the molecule is CN(Cc1cnoc1)C1CN(c2ccc(C3CC3)nn2)C1. The number of nitrogens with zero attached hydrogens (tertiary/aromatic N) is 5. The molecule has 21 heavy (non-hydrogen) atoms. The van der Waals surface area contributed by atoms with E-state index < -0.39 is 0 Å². The Kier molecular flexibility index (Phi) is 3.11. The Balaban J connectivity index is 1.31. The normalized spacial score (nSPS) is 19.0. The van der Waals surface area contributed by atoms with Gasteiger partial charge in [-0.15, -0.1) is 5.10 Å². The summed E-state index contributed by atoms with van der Waals surface area (Å²) in [7, 11) is 2.14. The van der Waals surface area contributed by atoms with E-state index in [1.54, 1.807) is 12.5 Å². The molecule has 6 heteroatoms. The van der Waals surface area contributed by atoms with Crippen molar-refractivity contribution in [2.24, 2.45) is 0 Å². The molecule has 2 fully saturated rings. The molecule has 0 bridgehead atoms. The molecule has 2 aromatic rings. The van der Waals surface area contributed by atoms with Gasteiger partial charge in [0.25, 0.3) is 0 Å². The van der Waals surface area contributed by atoms with Crippen LogP contribution in [0.25, 0.3) is 0 Å². The van der Waals surface area contributed by atoms with Gasteiger partial charge in [-0.05, 0) is 32.0 Å². The van der Waals surface area contributed by atoms with E-state index in [4.69, 9.17) is 4.52 Å². The van der Waals surface area contributed by atoms with E-state index in [-0.39, 0.29) is 0 Å². The van der Waals surface area contributed by atoms with Gasteiger partial charge in [0.1, 0.15) is 6.26 Å². The number of likely N-dealkylation sites (N-methyl/N-ethyl adjacent to an activating group) is 1. The van der Waals surface area contributed by atoms with Gasteiger partial charge in [0.15, 0.2) is 5.82 Å². The standard InChI is InChI=1S/C15H19N5O/c1-19(7-11-6-16-21-10-11)13-8-20(9-13)15-5-4-14(17-18-15)12-2-3-12/h4-6,10,12-13H,2-3,7-9H2,1H3. The van der Waals surface area contributed by atoms with E-state index in [1.807, 2.05) is 0 Å². The maximum Gasteiger partial charge on any atom is 0.151 e. The van der Waals surface area contributed by atoms with Crippen LogP contribution in [0.15, 0.2) is 29.1 Å². The third kappa shape index (κ3) is 2.63. The quantitative estimate of drug-likeness (QED) is 0.833. The molecule has 1 aliphatic heterocycles. The fourth-order valence-electron chi connectivity index (χ4n) is 2.74. The summed E-state index contributed by atoms with van der Waals surface area (Å²) in [6.45, 7) is 2.87. The van der Waals surface area contributed by atoms with E-state index in [2.05, 4.69) is 44.3 Å². The summed E-state index contributed by atoms with van der Waals surface area (Å²) in [6.07, 6.45) is 6.02. The topological polar surface area (TPSA) is 58.3 Å². The molecule has 0 spiro atoms. The van der Waals surface area contributed by atoms with Crippen LogP contribution in [-0.4, -0.2) is 46.4 Å². The van der Waals surface area contributed by atoms with E-state index in [1.165, 1.54) is 12.8 Å². The third-order valence-electron chi connectivity index (χ3n) is 4.39. The van der Waals surface area contributed by atoms with Gasteiger partial charge in [-0.1, -0.05) is 5.16 Å². The molecule has 0 atom stereocenters. The van der Waals surface area contributed by atoms with Crippen LogP contribution in [0.5, 0.6) is 0 Å². The van der Waals surface area contributed by atoms with Gasteiger partial charge in [0.05, 0.1) is 11.9 Å². The molecule has 4 rings (SSSR count). The number of hydrogen-bond donors (Lipinski definition) is 0. The molecule has 2 aromatic heterocycles. The summed E-state index contributed by atoms with van der Waals surface area (Å²) in [5, 5.41) is 12.5. The first-order valence-electron chi connectivity index (χ1n) is 7.46. The minimum atomic E-state index is 0.546. The molecule has 0 aromatic carbocycles. The Bertz CT molecular complexity index is 587. The smallest absolute Gasteiger partial charge is 0.151 e. The van der Waals surface area contributed by atoms with Crippen LogP contribution < -0.4 is 4.90 Å². The molecule has 1 saturated heterocycles. The van der Waals surface area contributed by atoms with Crippen LogP contribution in [0, 0.1) is 0 Å². The van der Waals surface area contributed by atoms with Crippen LogP contribution in [0.2, 0.25) is 0 Å². The zero-order valence-corrected chi connectivity index (χ0v) is 12.1. The minimum absolute atomic E-state index is 0.546. The van der Waals surface area contributed by atoms with Crippen molar-refractivity contribution in [3.63, 3.8) is 0 Å². The molecule has 0 N–H and O–H groups in total. The van der Waals surface area contributed by atoms with E-state index in [0.29, 0.717) is 12.0 Å². The van der Waals surface area contributed by atoms with Gasteiger partial charge in [-0.3, -0.25) is 4.90 Å². The van der Waals surface area contributed by atoms with Gasteiger partial charge in [0.2, 0.25) is 0 Å². The number of hydrogen-bond acceptors (Lipinski definition) is 6. The molecule has 0 unspecified atom stereocenters. The number of rotatable bonds is 5. The second-order valence-electron chi connectivity index (χ2n) is 6.10. The van der Waals surface area contributed by atoms with Crippen molar-refractivity contribution in [1.29, 1.82) is 0 Å². The Morgan fingerprint density at radius 3 is 2.76 bits per heavy atom. The van der Waals surface area contributed by atoms with Crippen molar-refractivity contribution in [2.45, 2.75) is 31.3 Å². The van der Waals surface area contributed by atoms with Crippen LogP contribution in [0.4, 0.5) is 5.82 Å². The summed E-state index contributed by atoms with van der Waals surface area (Å²) < 4.78 is 4.87. The lowest BCUT2D eigenvalue weighted by Gasteiger charge is -2.44. The molecule has 0 radical (unpaired) electrons. The molecule has 1 aliphatic carbocycles. The molecule has 3 heterocycles. The highest BCUT2D eigenvalue weighted by Gasteiger charge is 2.32. The maximum absolute atomic E-state index is 4.87. The lowest BCUT2D eigenvalue weighted by atomic mass is 10.1. The van der Waals surface area contributed by atoms with Crippen molar-refractivity contribution in [1.82, 2.24) is 20.3 Å². The van der Waals surface area contributed by atoms with Crippen molar-refractivity contribution >= 4 is 5.82 Å². The zero-order valence-electron chi connectivity index (χ0n) is 12.1. The Morgan fingerprint density at radius 2 is 2.14 bits per heavy atom. The maximum atomic E-state index is 4.87. The van der Waals surface area contributed by atoms with Crippen LogP contribution in [-0.2, 0) is 6.54 Å². The lowest BCUT2D eigenvalue weighted by molar-refractivity contribution is 0.196. The fourth-order valence-corrected chi connectivity index (χ4v) is 2.74. The summed E-state index contributed by atoms with van der Waals surface area (Å²) in [5.74, 6) is 1.67. The summed E-state index contributed by atoms with van der Waals surface area (Å²) in [4.78, 5) is 4.60. The van der Waals surface area contributed by atoms with E-state index in [9.17, 15) is 0 Å². The molecule has 110 valence electrons. The second kappa shape index (κ2) is 5.11. The first-order chi connectivity index (χ1) is 10.3. The van der Waals surface area contributed by atoms with Gasteiger partial charge in [-0.2, -0.15) is 5.10 Å². The van der Waals surface area contributed by atoms with Crippen LogP contribution >= 0.6 is 0 Å². The fraction of sp³-hybridized carbons (Fsp3) is 0.533. The monoisotopic (exact) mass is 285 g/mol. The highest BCUT2D eigenvalue weighted by molar-refractivity contribution is 5.42. The van der Waals surface area contributed by atoms with Crippen LogP contribution in [0.3, 0.4) is 0 Å². The Hall–Kier alpha value is -1.95. The van der Waals surface area contributed by atoms with Gasteiger partial charge < -0.3 is 9.42 Å². The minimum Gasteiger partial charge on any atom is -0.364 e. The van der Waals surface area contributed by atoms with E-state index >= 15 is 0 Å². The van der Waals surface area contributed by atoms with Crippen LogP contribution in [0.1, 0.15) is 30.0 Å². The average molecular weight is 285 g/mol. The molecule has 6 nitrogen and oxygen atoms in total. The summed E-state index contributed by atoms with van der Waals surface area (Å²) >= 11 is 0. The van der Waals surface area contributed by atoms with Gasteiger partial charge >= 0.3 is 0 Å². The first-order valence-corrected chi connectivity index (χ1v) is 7.46. The Labute approximate surface area is 123 Å². The highest BCUT2D eigenvalue weighted by atomic mass is 16.5. The van der Waals surface area contributed by atoms with E-state index in [0.717, 1.165) is 36.7 Å². The first kappa shape index (κ1) is 12.8. The van der Waals surface area contributed by atoms with Gasteiger partial charge in [-0.25, -0.2) is 0 Å². The summed E-state index contributed by atoms with van der Waals surface area (Å²) in [5.41, 5.74) is 2.27. The number of anilines is 1. The molecular weight excluding hydrogens is 266 g/mol. The predicted molar refractivity (Wildman–Crippen MR) is 78.0 cm³/mol. The lowest BCUT2D eigenvalue weighted by Crippen LogP contribution is -2.58. The zero-order chi connectivity index (χ0) is 14.2. The van der Waals surface area contributed by atoms with Crippen molar-refractivity contribution in [2.75, 3.05) is 25.0 Å². The second-order valence-corrected chi connectivity index (χ2v) is 6.10. The molecule has 1 saturated carbocycles. The average Bonchev–Trinajstić information content (AvgIpc) is 3.17. The highest BCUT2D eigenvalue weighted by Crippen LogP contribution is 2.38. The van der Waals surface area contributed by atoms with Crippen molar-refractivity contribution in [3.05, 3.63) is 35.9 Å². The third-order valence-corrected chi connectivity index (χ3v) is 4.39.